The fourth-order valence-electron chi connectivity index (χ4n) is 1.54. The molecule has 0 aromatic heterocycles. The van der Waals surface area contributed by atoms with Crippen LogP contribution in [0.4, 0.5) is 0 Å². The first-order valence-electron chi connectivity index (χ1n) is 5.14. The van der Waals surface area contributed by atoms with Gasteiger partial charge >= 0.3 is 0 Å². The Bertz CT molecular complexity index is 422. The van der Waals surface area contributed by atoms with E-state index in [9.17, 15) is 5.26 Å². The summed E-state index contributed by atoms with van der Waals surface area (Å²) in [6, 6.07) is 9.51. The molecule has 0 saturated carbocycles. The van der Waals surface area contributed by atoms with Crippen LogP contribution in [0.1, 0.15) is 12.5 Å². The molecule has 0 heterocycles. The van der Waals surface area contributed by atoms with Gasteiger partial charge in [-0.15, -0.1) is 0 Å². The topological polar surface area (TPSA) is 33.0 Å². The molecule has 0 amide bonds. The molecule has 86 valence electrons. The standard InChI is InChI=1S/C12H16ClNOSi/c1-12(9-14,15-16(2,3)4)10-6-5-7-11(13)8-10/h5-8H,1-4H3. The molecule has 0 aliphatic rings. The molecule has 1 aromatic carbocycles. The summed E-state index contributed by atoms with van der Waals surface area (Å²) >= 11 is 5.93. The van der Waals surface area contributed by atoms with Crippen LogP contribution in [-0.4, -0.2) is 8.32 Å². The Morgan fingerprint density at radius 2 is 2.00 bits per heavy atom. The van der Waals surface area contributed by atoms with Crippen LogP contribution >= 0.6 is 11.6 Å². The van der Waals surface area contributed by atoms with Crippen LogP contribution in [0, 0.1) is 11.3 Å². The Morgan fingerprint density at radius 3 is 2.44 bits per heavy atom. The van der Waals surface area contributed by atoms with Crippen LogP contribution in [-0.2, 0) is 10.0 Å². The average Bonchev–Trinajstić information content (AvgIpc) is 2.15. The minimum absolute atomic E-state index is 0.623. The zero-order valence-corrected chi connectivity index (χ0v) is 11.8. The van der Waals surface area contributed by atoms with E-state index in [0.717, 1.165) is 5.56 Å². The van der Waals surface area contributed by atoms with E-state index in [1.807, 2.05) is 12.1 Å². The Labute approximate surface area is 103 Å². The largest absolute Gasteiger partial charge is 0.397 e. The third kappa shape index (κ3) is 3.34. The van der Waals surface area contributed by atoms with Crippen molar-refractivity contribution in [3.63, 3.8) is 0 Å². The van der Waals surface area contributed by atoms with Gasteiger partial charge < -0.3 is 4.43 Å². The summed E-state index contributed by atoms with van der Waals surface area (Å²) in [5.41, 5.74) is -0.0973. The molecule has 16 heavy (non-hydrogen) atoms. The van der Waals surface area contributed by atoms with Crippen molar-refractivity contribution in [2.45, 2.75) is 32.2 Å². The number of benzene rings is 1. The minimum atomic E-state index is -1.78. The molecular formula is C12H16ClNOSi. The van der Waals surface area contributed by atoms with Crippen molar-refractivity contribution in [1.29, 1.82) is 5.26 Å². The molecule has 1 atom stereocenters. The van der Waals surface area contributed by atoms with Crippen molar-refractivity contribution in [2.24, 2.45) is 0 Å². The predicted octanol–water partition coefficient (Wildman–Crippen LogP) is 3.93. The molecule has 4 heteroatoms. The van der Waals surface area contributed by atoms with E-state index >= 15 is 0 Å². The maximum atomic E-state index is 9.30. The van der Waals surface area contributed by atoms with Crippen LogP contribution in [0.15, 0.2) is 24.3 Å². The Morgan fingerprint density at radius 1 is 1.38 bits per heavy atom. The smallest absolute Gasteiger partial charge is 0.186 e. The first-order valence-corrected chi connectivity index (χ1v) is 8.93. The molecule has 0 fully saturated rings. The Hall–Kier alpha value is -0.823. The summed E-state index contributed by atoms with van der Waals surface area (Å²) in [7, 11) is -1.78. The molecule has 0 bridgehead atoms. The third-order valence-electron chi connectivity index (χ3n) is 2.10. The summed E-state index contributed by atoms with van der Waals surface area (Å²) < 4.78 is 5.93. The molecule has 1 unspecified atom stereocenters. The first kappa shape index (κ1) is 13.2. The van der Waals surface area contributed by atoms with E-state index < -0.39 is 13.9 Å². The molecule has 0 N–H and O–H groups in total. The highest BCUT2D eigenvalue weighted by atomic mass is 35.5. The lowest BCUT2D eigenvalue weighted by atomic mass is 9.98. The van der Waals surface area contributed by atoms with Gasteiger partial charge in [0, 0.05) is 5.02 Å². The van der Waals surface area contributed by atoms with Gasteiger partial charge in [-0.25, -0.2) is 0 Å². The SMILES string of the molecule is CC(C#N)(O[Si](C)(C)C)c1cccc(Cl)c1. The fraction of sp³-hybridized carbons (Fsp3) is 0.417. The summed E-state index contributed by atoms with van der Waals surface area (Å²) in [5, 5.41) is 9.92. The normalized spacial score (nSPS) is 15.2. The van der Waals surface area contributed by atoms with Crippen LogP contribution in [0.2, 0.25) is 24.7 Å². The molecule has 0 saturated heterocycles. The van der Waals surface area contributed by atoms with Gasteiger partial charge in [-0.05, 0) is 44.3 Å². The minimum Gasteiger partial charge on any atom is -0.397 e. The fourth-order valence-corrected chi connectivity index (χ4v) is 3.12. The maximum absolute atomic E-state index is 9.30. The van der Waals surface area contributed by atoms with E-state index in [-0.39, 0.29) is 0 Å². The van der Waals surface area contributed by atoms with Crippen molar-refractivity contribution >= 4 is 19.9 Å². The highest BCUT2D eigenvalue weighted by Gasteiger charge is 2.33. The third-order valence-corrected chi connectivity index (χ3v) is 3.35. The second-order valence-electron chi connectivity index (χ2n) is 4.87. The average molecular weight is 254 g/mol. The van der Waals surface area contributed by atoms with E-state index in [1.54, 1.807) is 19.1 Å². The summed E-state index contributed by atoms with van der Waals surface area (Å²) in [6.45, 7) is 7.98. The summed E-state index contributed by atoms with van der Waals surface area (Å²) in [6.07, 6.45) is 0. The molecular weight excluding hydrogens is 238 g/mol. The lowest BCUT2D eigenvalue weighted by molar-refractivity contribution is 0.141. The first-order chi connectivity index (χ1) is 7.27. The predicted molar refractivity (Wildman–Crippen MR) is 68.8 cm³/mol. The van der Waals surface area contributed by atoms with E-state index in [1.165, 1.54) is 0 Å². The highest BCUT2D eigenvalue weighted by molar-refractivity contribution is 6.69. The zero-order valence-electron chi connectivity index (χ0n) is 10.0. The molecule has 1 aromatic rings. The molecule has 2 nitrogen and oxygen atoms in total. The van der Waals surface area contributed by atoms with E-state index in [0.29, 0.717) is 5.02 Å². The Kier molecular flexibility index (Phi) is 3.79. The van der Waals surface area contributed by atoms with Gasteiger partial charge in [0.15, 0.2) is 13.9 Å². The second kappa shape index (κ2) is 4.58. The number of nitriles is 1. The van der Waals surface area contributed by atoms with Gasteiger partial charge in [0.1, 0.15) is 6.07 Å². The van der Waals surface area contributed by atoms with E-state index in [2.05, 4.69) is 25.7 Å². The second-order valence-corrected chi connectivity index (χ2v) is 9.74. The number of halogens is 1. The van der Waals surface area contributed by atoms with Crippen molar-refractivity contribution < 1.29 is 4.43 Å². The van der Waals surface area contributed by atoms with Gasteiger partial charge in [-0.3, -0.25) is 0 Å². The van der Waals surface area contributed by atoms with Crippen LogP contribution in [0.25, 0.3) is 0 Å². The van der Waals surface area contributed by atoms with Crippen molar-refractivity contribution in [3.8, 4) is 6.07 Å². The number of rotatable bonds is 3. The van der Waals surface area contributed by atoms with E-state index in [4.69, 9.17) is 16.0 Å². The molecule has 1 rings (SSSR count). The lowest BCUT2D eigenvalue weighted by Crippen LogP contribution is -2.37. The monoisotopic (exact) mass is 253 g/mol. The molecule has 0 aliphatic carbocycles. The number of nitrogens with zero attached hydrogens (tertiary/aromatic N) is 1. The quantitative estimate of drug-likeness (QED) is 0.765. The summed E-state index contributed by atoms with van der Waals surface area (Å²) in [4.78, 5) is 0. The highest BCUT2D eigenvalue weighted by Crippen LogP contribution is 2.29. The van der Waals surface area contributed by atoms with Crippen LogP contribution < -0.4 is 0 Å². The van der Waals surface area contributed by atoms with Gasteiger partial charge in [0.05, 0.1) is 0 Å². The van der Waals surface area contributed by atoms with Gasteiger partial charge in [-0.1, -0.05) is 23.7 Å². The molecule has 0 radical (unpaired) electrons. The van der Waals surface area contributed by atoms with Gasteiger partial charge in [0.2, 0.25) is 0 Å². The van der Waals surface area contributed by atoms with Crippen LogP contribution in [0.5, 0.6) is 0 Å². The maximum Gasteiger partial charge on any atom is 0.186 e. The zero-order chi connectivity index (χ0) is 12.4. The number of hydrogen-bond donors (Lipinski definition) is 0. The molecule has 0 spiro atoms. The van der Waals surface area contributed by atoms with Gasteiger partial charge in [0.25, 0.3) is 0 Å². The lowest BCUT2D eigenvalue weighted by Gasteiger charge is -2.30. The van der Waals surface area contributed by atoms with Crippen molar-refractivity contribution in [1.82, 2.24) is 0 Å². The molecule has 0 aliphatic heterocycles. The van der Waals surface area contributed by atoms with Crippen LogP contribution in [0.3, 0.4) is 0 Å². The Balaban J connectivity index is 3.11. The van der Waals surface area contributed by atoms with Crippen molar-refractivity contribution in [3.05, 3.63) is 34.9 Å². The number of hydrogen-bond acceptors (Lipinski definition) is 2. The summed E-state index contributed by atoms with van der Waals surface area (Å²) in [5.74, 6) is 0. The van der Waals surface area contributed by atoms with Crippen molar-refractivity contribution in [2.75, 3.05) is 0 Å². The van der Waals surface area contributed by atoms with Gasteiger partial charge in [-0.2, -0.15) is 5.26 Å².